The quantitative estimate of drug-likeness (QED) is 0.782. The summed E-state index contributed by atoms with van der Waals surface area (Å²) in [5.41, 5.74) is 7.59. The first-order chi connectivity index (χ1) is 9.65. The molecule has 0 aliphatic heterocycles. The van der Waals surface area contributed by atoms with Crippen molar-refractivity contribution >= 4 is 33.2 Å². The highest BCUT2D eigenvalue weighted by molar-refractivity contribution is 7.18. The van der Waals surface area contributed by atoms with Gasteiger partial charge in [0.25, 0.3) is 0 Å². The van der Waals surface area contributed by atoms with Gasteiger partial charge in [-0.05, 0) is 30.2 Å². The van der Waals surface area contributed by atoms with Gasteiger partial charge in [0.15, 0.2) is 0 Å². The third kappa shape index (κ3) is 2.54. The molecule has 1 aromatic heterocycles. The molecule has 2 N–H and O–H groups in total. The van der Waals surface area contributed by atoms with E-state index in [9.17, 15) is 4.39 Å². The fraction of sp³-hybridized carbons (Fsp3) is 0.133. The summed E-state index contributed by atoms with van der Waals surface area (Å²) in [5, 5.41) is 0.935. The van der Waals surface area contributed by atoms with E-state index >= 15 is 0 Å². The summed E-state index contributed by atoms with van der Waals surface area (Å²) in [6.45, 7) is 0. The van der Waals surface area contributed by atoms with E-state index in [4.69, 9.17) is 17.3 Å². The average molecular weight is 307 g/mol. The lowest BCUT2D eigenvalue weighted by atomic mass is 10.1. The summed E-state index contributed by atoms with van der Waals surface area (Å²) in [4.78, 5) is 4.50. The van der Waals surface area contributed by atoms with Crippen molar-refractivity contribution in [2.24, 2.45) is 5.73 Å². The van der Waals surface area contributed by atoms with Crippen molar-refractivity contribution in [3.05, 3.63) is 63.9 Å². The molecule has 20 heavy (non-hydrogen) atoms. The molecule has 102 valence electrons. The molecule has 3 rings (SSSR count). The van der Waals surface area contributed by atoms with E-state index in [0.717, 1.165) is 15.2 Å². The SMILES string of the molecule is NC(Cc1cccc(Cl)c1F)c1nc2ccccc2s1. The maximum absolute atomic E-state index is 13.9. The van der Waals surface area contributed by atoms with Crippen LogP contribution in [0.3, 0.4) is 0 Å². The van der Waals surface area contributed by atoms with E-state index < -0.39 is 5.82 Å². The smallest absolute Gasteiger partial charge is 0.145 e. The number of para-hydroxylation sites is 1. The van der Waals surface area contributed by atoms with E-state index in [1.165, 1.54) is 6.07 Å². The minimum atomic E-state index is -0.397. The van der Waals surface area contributed by atoms with Gasteiger partial charge in [0.2, 0.25) is 0 Å². The molecule has 0 radical (unpaired) electrons. The standard InChI is InChI=1S/C15H12ClFN2S/c16-10-5-3-4-9(14(10)17)8-11(18)15-19-12-6-1-2-7-13(12)20-15/h1-7,11H,8,18H2. The molecule has 2 aromatic carbocycles. The highest BCUT2D eigenvalue weighted by Gasteiger charge is 2.15. The fourth-order valence-electron chi connectivity index (χ4n) is 2.08. The molecular formula is C15H12ClFN2S. The number of fused-ring (bicyclic) bond motifs is 1. The molecule has 1 atom stereocenters. The monoisotopic (exact) mass is 306 g/mol. The summed E-state index contributed by atoms with van der Waals surface area (Å²) < 4.78 is 15.0. The number of benzene rings is 2. The first-order valence-corrected chi connectivity index (χ1v) is 7.38. The Morgan fingerprint density at radius 3 is 2.80 bits per heavy atom. The van der Waals surface area contributed by atoms with Gasteiger partial charge in [-0.3, -0.25) is 0 Å². The molecule has 0 fully saturated rings. The Balaban J connectivity index is 1.89. The molecule has 0 aliphatic rings. The van der Waals surface area contributed by atoms with Gasteiger partial charge in [-0.15, -0.1) is 11.3 Å². The summed E-state index contributed by atoms with van der Waals surface area (Å²) >= 11 is 7.32. The number of aromatic nitrogens is 1. The summed E-state index contributed by atoms with van der Waals surface area (Å²) in [6, 6.07) is 12.5. The van der Waals surface area contributed by atoms with Gasteiger partial charge >= 0.3 is 0 Å². The molecule has 0 saturated carbocycles. The zero-order valence-electron chi connectivity index (χ0n) is 10.5. The predicted octanol–water partition coefficient (Wildman–Crippen LogP) is 4.33. The van der Waals surface area contributed by atoms with Crippen LogP contribution >= 0.6 is 22.9 Å². The fourth-order valence-corrected chi connectivity index (χ4v) is 3.24. The lowest BCUT2D eigenvalue weighted by Crippen LogP contribution is -2.13. The van der Waals surface area contributed by atoms with Crippen LogP contribution in [0.25, 0.3) is 10.2 Å². The van der Waals surface area contributed by atoms with Crippen molar-refractivity contribution in [3.63, 3.8) is 0 Å². The largest absolute Gasteiger partial charge is 0.322 e. The van der Waals surface area contributed by atoms with Crippen LogP contribution in [0.2, 0.25) is 5.02 Å². The highest BCUT2D eigenvalue weighted by atomic mass is 35.5. The summed E-state index contributed by atoms with van der Waals surface area (Å²) in [6.07, 6.45) is 0.381. The van der Waals surface area contributed by atoms with Crippen LogP contribution < -0.4 is 5.73 Å². The van der Waals surface area contributed by atoms with Crippen molar-refractivity contribution < 1.29 is 4.39 Å². The van der Waals surface area contributed by atoms with Crippen LogP contribution in [0.5, 0.6) is 0 Å². The number of rotatable bonds is 3. The third-order valence-electron chi connectivity index (χ3n) is 3.10. The van der Waals surface area contributed by atoms with Crippen molar-refractivity contribution in [1.82, 2.24) is 4.98 Å². The van der Waals surface area contributed by atoms with Crippen LogP contribution in [-0.2, 0) is 6.42 Å². The van der Waals surface area contributed by atoms with E-state index in [0.29, 0.717) is 12.0 Å². The Hall–Kier alpha value is -1.49. The van der Waals surface area contributed by atoms with Crippen LogP contribution in [0, 0.1) is 5.82 Å². The normalized spacial score (nSPS) is 12.8. The van der Waals surface area contributed by atoms with E-state index in [-0.39, 0.29) is 11.1 Å². The molecule has 0 saturated heterocycles. The van der Waals surface area contributed by atoms with Crippen LogP contribution in [0.4, 0.5) is 4.39 Å². The second kappa shape index (κ2) is 5.48. The lowest BCUT2D eigenvalue weighted by Gasteiger charge is -2.09. The maximum Gasteiger partial charge on any atom is 0.145 e. The van der Waals surface area contributed by atoms with Crippen molar-refractivity contribution in [2.75, 3.05) is 0 Å². The van der Waals surface area contributed by atoms with Gasteiger partial charge < -0.3 is 5.73 Å². The molecular weight excluding hydrogens is 295 g/mol. The summed E-state index contributed by atoms with van der Waals surface area (Å²) in [7, 11) is 0. The van der Waals surface area contributed by atoms with Crippen molar-refractivity contribution in [3.8, 4) is 0 Å². The minimum absolute atomic E-state index is 0.124. The van der Waals surface area contributed by atoms with Crippen molar-refractivity contribution in [1.29, 1.82) is 0 Å². The van der Waals surface area contributed by atoms with Gasteiger partial charge in [-0.25, -0.2) is 9.37 Å². The Bertz CT molecular complexity index is 723. The Morgan fingerprint density at radius 2 is 2.00 bits per heavy atom. The number of hydrogen-bond acceptors (Lipinski definition) is 3. The Labute approximate surface area is 125 Å². The third-order valence-corrected chi connectivity index (χ3v) is 4.56. The van der Waals surface area contributed by atoms with Crippen LogP contribution in [0.15, 0.2) is 42.5 Å². The van der Waals surface area contributed by atoms with E-state index in [2.05, 4.69) is 4.98 Å². The topological polar surface area (TPSA) is 38.9 Å². The molecule has 1 heterocycles. The number of nitrogens with zero attached hydrogens (tertiary/aromatic N) is 1. The molecule has 0 spiro atoms. The van der Waals surface area contributed by atoms with Gasteiger partial charge in [-0.1, -0.05) is 35.9 Å². The van der Waals surface area contributed by atoms with Crippen LogP contribution in [0.1, 0.15) is 16.6 Å². The molecule has 5 heteroatoms. The zero-order chi connectivity index (χ0) is 14.1. The first-order valence-electron chi connectivity index (χ1n) is 6.19. The molecule has 0 bridgehead atoms. The Morgan fingerprint density at radius 1 is 1.20 bits per heavy atom. The molecule has 1 unspecified atom stereocenters. The minimum Gasteiger partial charge on any atom is -0.322 e. The highest BCUT2D eigenvalue weighted by Crippen LogP contribution is 2.28. The first kappa shape index (κ1) is 13.5. The van der Waals surface area contributed by atoms with E-state index in [1.807, 2.05) is 24.3 Å². The molecule has 3 aromatic rings. The van der Waals surface area contributed by atoms with Gasteiger partial charge in [0, 0.05) is 0 Å². The van der Waals surface area contributed by atoms with Crippen LogP contribution in [-0.4, -0.2) is 4.98 Å². The lowest BCUT2D eigenvalue weighted by molar-refractivity contribution is 0.593. The second-order valence-corrected chi connectivity index (χ2v) is 6.01. The van der Waals surface area contributed by atoms with Gasteiger partial charge in [0.05, 0.1) is 21.3 Å². The maximum atomic E-state index is 13.9. The second-order valence-electron chi connectivity index (χ2n) is 4.54. The molecule has 2 nitrogen and oxygen atoms in total. The number of thiazole rings is 1. The number of nitrogens with two attached hydrogens (primary N) is 1. The average Bonchev–Trinajstić information content (AvgIpc) is 2.88. The van der Waals surface area contributed by atoms with Crippen molar-refractivity contribution in [2.45, 2.75) is 12.5 Å². The summed E-state index contributed by atoms with van der Waals surface area (Å²) in [5.74, 6) is -0.397. The molecule has 0 aliphatic carbocycles. The Kier molecular flexibility index (Phi) is 3.70. The zero-order valence-corrected chi connectivity index (χ0v) is 12.1. The number of halogens is 2. The van der Waals surface area contributed by atoms with Gasteiger partial charge in [-0.2, -0.15) is 0 Å². The molecule has 0 amide bonds. The number of hydrogen-bond donors (Lipinski definition) is 1. The van der Waals surface area contributed by atoms with Gasteiger partial charge in [0.1, 0.15) is 10.8 Å². The van der Waals surface area contributed by atoms with E-state index in [1.54, 1.807) is 23.5 Å². The predicted molar refractivity (Wildman–Crippen MR) is 81.7 cm³/mol.